The van der Waals surface area contributed by atoms with Gasteiger partial charge in [0.05, 0.1) is 0 Å². The van der Waals surface area contributed by atoms with Crippen molar-refractivity contribution in [1.82, 2.24) is 19.9 Å². The summed E-state index contributed by atoms with van der Waals surface area (Å²) in [7, 11) is 0. The van der Waals surface area contributed by atoms with Gasteiger partial charge in [-0.15, -0.1) is 0 Å². The van der Waals surface area contributed by atoms with Crippen molar-refractivity contribution in [3.63, 3.8) is 0 Å². The molecule has 1 aliphatic carbocycles. The fourth-order valence-electron chi connectivity index (χ4n) is 3.42. The van der Waals surface area contributed by atoms with Crippen molar-refractivity contribution >= 4 is 17.6 Å². The molecule has 1 N–H and O–H groups in total. The molecule has 1 aromatic carbocycles. The largest absolute Gasteiger partial charge is 0.341 e. The van der Waals surface area contributed by atoms with Gasteiger partial charge in [0.1, 0.15) is 6.54 Å². The lowest BCUT2D eigenvalue weighted by atomic mass is 10.1. The second kappa shape index (κ2) is 7.61. The lowest BCUT2D eigenvalue weighted by molar-refractivity contribution is -0.130. The first kappa shape index (κ1) is 18.5. The van der Waals surface area contributed by atoms with E-state index in [1.54, 1.807) is 9.80 Å². The van der Waals surface area contributed by atoms with Crippen molar-refractivity contribution < 1.29 is 14.1 Å². The molecule has 1 aliphatic heterocycles. The van der Waals surface area contributed by atoms with E-state index >= 15 is 0 Å². The number of likely N-dealkylation sites (N-methyl/N-ethyl adjacent to an activating group) is 1. The van der Waals surface area contributed by atoms with Crippen molar-refractivity contribution in [1.29, 1.82) is 0 Å². The average molecular weight is 383 g/mol. The van der Waals surface area contributed by atoms with Gasteiger partial charge in [0.25, 0.3) is 5.89 Å². The van der Waals surface area contributed by atoms with Crippen LogP contribution in [0.15, 0.2) is 22.7 Å². The molecule has 28 heavy (non-hydrogen) atoms. The van der Waals surface area contributed by atoms with Crippen LogP contribution in [0.5, 0.6) is 0 Å². The average Bonchev–Trinajstić information content (AvgIpc) is 3.45. The van der Waals surface area contributed by atoms with E-state index in [1.807, 2.05) is 32.0 Å². The van der Waals surface area contributed by atoms with Crippen molar-refractivity contribution in [2.75, 3.05) is 31.5 Å². The van der Waals surface area contributed by atoms with E-state index in [9.17, 15) is 9.59 Å². The number of benzene rings is 1. The first-order valence-electron chi connectivity index (χ1n) is 9.83. The highest BCUT2D eigenvalue weighted by Gasteiger charge is 2.29. The van der Waals surface area contributed by atoms with Crippen molar-refractivity contribution in [3.05, 3.63) is 29.6 Å². The highest BCUT2D eigenvalue weighted by Crippen LogP contribution is 2.39. The Morgan fingerprint density at radius 2 is 2.14 bits per heavy atom. The Bertz CT molecular complexity index is 890. The van der Waals surface area contributed by atoms with E-state index in [1.165, 1.54) is 0 Å². The number of carbonyl (C=O) groups excluding carboxylic acids is 2. The van der Waals surface area contributed by atoms with Gasteiger partial charge in [0, 0.05) is 36.8 Å². The number of hydrogen-bond donors (Lipinski definition) is 1. The Kier molecular flexibility index (Phi) is 5.02. The first-order chi connectivity index (χ1) is 13.5. The highest BCUT2D eigenvalue weighted by atomic mass is 16.5. The van der Waals surface area contributed by atoms with Crippen molar-refractivity contribution in [3.8, 4) is 11.5 Å². The third-order valence-electron chi connectivity index (χ3n) is 5.30. The molecule has 0 radical (unpaired) electrons. The zero-order chi connectivity index (χ0) is 19.7. The molecule has 0 spiro atoms. The van der Waals surface area contributed by atoms with Crippen molar-refractivity contribution in [2.45, 2.75) is 39.0 Å². The van der Waals surface area contributed by atoms with Crippen LogP contribution >= 0.6 is 0 Å². The highest BCUT2D eigenvalue weighted by molar-refractivity contribution is 5.93. The van der Waals surface area contributed by atoms with E-state index in [0.29, 0.717) is 37.1 Å². The molecule has 0 atom stereocenters. The van der Waals surface area contributed by atoms with Gasteiger partial charge in [-0.2, -0.15) is 4.98 Å². The number of amides is 3. The number of aromatic nitrogens is 2. The zero-order valence-electron chi connectivity index (χ0n) is 16.3. The fourth-order valence-corrected chi connectivity index (χ4v) is 3.42. The predicted octanol–water partition coefficient (Wildman–Crippen LogP) is 3.01. The molecule has 2 heterocycles. The molecule has 2 aromatic rings. The molecule has 4 rings (SSSR count). The van der Waals surface area contributed by atoms with Crippen LogP contribution < -0.4 is 5.32 Å². The van der Waals surface area contributed by atoms with Gasteiger partial charge < -0.3 is 19.6 Å². The Morgan fingerprint density at radius 1 is 1.32 bits per heavy atom. The molecule has 8 nitrogen and oxygen atoms in total. The first-order valence-corrected chi connectivity index (χ1v) is 9.83. The summed E-state index contributed by atoms with van der Waals surface area (Å²) >= 11 is 0. The molecule has 0 unspecified atom stereocenters. The zero-order valence-corrected chi connectivity index (χ0v) is 16.3. The molecule has 1 saturated heterocycles. The molecule has 2 aliphatic rings. The van der Waals surface area contributed by atoms with Gasteiger partial charge >= 0.3 is 6.03 Å². The summed E-state index contributed by atoms with van der Waals surface area (Å²) in [5, 5.41) is 6.97. The van der Waals surface area contributed by atoms with Gasteiger partial charge in [-0.25, -0.2) is 4.79 Å². The second-order valence-corrected chi connectivity index (χ2v) is 7.44. The maximum atomic E-state index is 12.7. The number of nitrogens with zero attached hydrogens (tertiary/aromatic N) is 4. The molecular formula is C20H25N5O3. The third-order valence-corrected chi connectivity index (χ3v) is 5.30. The van der Waals surface area contributed by atoms with Crippen LogP contribution in [0.4, 0.5) is 10.5 Å². The second-order valence-electron chi connectivity index (χ2n) is 7.44. The van der Waals surface area contributed by atoms with Crippen LogP contribution in [0, 0.1) is 6.92 Å². The maximum Gasteiger partial charge on any atom is 0.322 e. The Labute approximate surface area is 163 Å². The SMILES string of the molecule is CCN1CCCN(C(=O)Nc2ccc(-c3nc(C4CC4)no3)cc2C)CC1=O. The van der Waals surface area contributed by atoms with E-state index in [2.05, 4.69) is 15.5 Å². The van der Waals surface area contributed by atoms with Crippen LogP contribution in [0.3, 0.4) is 0 Å². The molecule has 0 bridgehead atoms. The topological polar surface area (TPSA) is 91.6 Å². The maximum absolute atomic E-state index is 12.7. The Hall–Kier alpha value is -2.90. The van der Waals surface area contributed by atoms with Gasteiger partial charge in [-0.05, 0) is 56.9 Å². The lowest BCUT2D eigenvalue weighted by Gasteiger charge is -2.21. The molecule has 1 saturated carbocycles. The van der Waals surface area contributed by atoms with Crippen LogP contribution in [0.2, 0.25) is 0 Å². The number of nitrogens with one attached hydrogen (secondary N) is 1. The summed E-state index contributed by atoms with van der Waals surface area (Å²) in [6, 6.07) is 5.36. The molecule has 2 fully saturated rings. The third kappa shape index (κ3) is 3.85. The minimum atomic E-state index is -0.254. The monoisotopic (exact) mass is 383 g/mol. The molecular weight excluding hydrogens is 358 g/mol. The van der Waals surface area contributed by atoms with E-state index in [4.69, 9.17) is 4.52 Å². The van der Waals surface area contributed by atoms with Crippen LogP contribution in [-0.4, -0.2) is 58.1 Å². The Balaban J connectivity index is 1.44. The van der Waals surface area contributed by atoms with Crippen LogP contribution in [0.25, 0.3) is 11.5 Å². The number of anilines is 1. The van der Waals surface area contributed by atoms with E-state index in [-0.39, 0.29) is 18.5 Å². The lowest BCUT2D eigenvalue weighted by Crippen LogP contribution is -2.41. The van der Waals surface area contributed by atoms with E-state index < -0.39 is 0 Å². The van der Waals surface area contributed by atoms with Crippen LogP contribution in [-0.2, 0) is 4.79 Å². The summed E-state index contributed by atoms with van der Waals surface area (Å²) in [5.41, 5.74) is 2.44. The summed E-state index contributed by atoms with van der Waals surface area (Å²) in [6.07, 6.45) is 3.03. The number of aryl methyl sites for hydroxylation is 1. The van der Waals surface area contributed by atoms with Gasteiger partial charge in [0.15, 0.2) is 5.82 Å². The van der Waals surface area contributed by atoms with E-state index in [0.717, 1.165) is 36.2 Å². The van der Waals surface area contributed by atoms with Gasteiger partial charge in [-0.3, -0.25) is 4.79 Å². The quantitative estimate of drug-likeness (QED) is 0.876. The standard InChI is InChI=1S/C20H25N5O3/c1-3-24-9-4-10-25(12-17(24)26)20(27)21-16-8-7-15(11-13(16)2)19-22-18(23-28-19)14-5-6-14/h7-8,11,14H,3-6,9-10,12H2,1-2H3,(H,21,27). The predicted molar refractivity (Wildman–Crippen MR) is 104 cm³/mol. The summed E-state index contributed by atoms with van der Waals surface area (Å²) in [6.45, 7) is 5.92. The molecule has 8 heteroatoms. The van der Waals surface area contributed by atoms with Crippen LogP contribution in [0.1, 0.15) is 43.5 Å². The molecule has 3 amide bonds. The number of urea groups is 1. The number of carbonyl (C=O) groups is 2. The minimum absolute atomic E-state index is 0.00918. The number of rotatable bonds is 4. The minimum Gasteiger partial charge on any atom is -0.341 e. The van der Waals surface area contributed by atoms with Gasteiger partial charge in [0.2, 0.25) is 5.91 Å². The molecule has 148 valence electrons. The summed E-state index contributed by atoms with van der Waals surface area (Å²) in [4.78, 5) is 32.7. The summed E-state index contributed by atoms with van der Waals surface area (Å²) < 4.78 is 5.37. The van der Waals surface area contributed by atoms with Crippen molar-refractivity contribution in [2.24, 2.45) is 0 Å². The summed E-state index contributed by atoms with van der Waals surface area (Å²) in [5.74, 6) is 1.71. The van der Waals surface area contributed by atoms with Gasteiger partial charge in [-0.1, -0.05) is 5.16 Å². The normalized spacial score (nSPS) is 17.6. The molecule has 1 aromatic heterocycles. The smallest absolute Gasteiger partial charge is 0.322 e. The Morgan fingerprint density at radius 3 is 2.86 bits per heavy atom. The number of hydrogen-bond acceptors (Lipinski definition) is 5. The fraction of sp³-hybridized carbons (Fsp3) is 0.500.